The lowest BCUT2D eigenvalue weighted by atomic mass is 10.0. The fourth-order valence-electron chi connectivity index (χ4n) is 2.15. The molecule has 2 aliphatic rings. The average Bonchev–Trinajstić information content (AvgIpc) is 2.62. The summed E-state index contributed by atoms with van der Waals surface area (Å²) in [5.74, 6) is 0.153. The number of nitrogens with zero attached hydrogens (tertiary/aromatic N) is 1. The minimum absolute atomic E-state index is 0.153. The van der Waals surface area contributed by atoms with Crippen LogP contribution in [0.1, 0.15) is 25.7 Å². The number of hydrogen-bond acceptors (Lipinski definition) is 2. The van der Waals surface area contributed by atoms with Crippen LogP contribution < -0.4 is 5.73 Å². The van der Waals surface area contributed by atoms with Crippen LogP contribution in [0.2, 0.25) is 0 Å². The van der Waals surface area contributed by atoms with Crippen molar-refractivity contribution < 1.29 is 4.79 Å². The molecule has 0 aromatic heterocycles. The van der Waals surface area contributed by atoms with Crippen molar-refractivity contribution in [3.05, 3.63) is 12.2 Å². The Bertz CT molecular complexity index is 229. The van der Waals surface area contributed by atoms with Gasteiger partial charge in [0, 0.05) is 12.6 Å². The zero-order valence-corrected chi connectivity index (χ0v) is 7.78. The van der Waals surface area contributed by atoms with Gasteiger partial charge in [-0.05, 0) is 25.7 Å². The molecule has 0 radical (unpaired) electrons. The molecule has 2 N–H and O–H groups in total. The molecule has 1 unspecified atom stereocenters. The van der Waals surface area contributed by atoms with Crippen LogP contribution in [0.3, 0.4) is 0 Å². The highest BCUT2D eigenvalue weighted by molar-refractivity contribution is 5.82. The van der Waals surface area contributed by atoms with E-state index in [2.05, 4.69) is 12.2 Å². The van der Waals surface area contributed by atoms with Crippen molar-refractivity contribution in [1.29, 1.82) is 0 Å². The predicted octanol–water partition coefficient (Wildman–Crippen LogP) is 0.655. The molecule has 1 atom stereocenters. The van der Waals surface area contributed by atoms with Gasteiger partial charge < -0.3 is 10.6 Å². The van der Waals surface area contributed by atoms with Gasteiger partial charge in [-0.1, -0.05) is 12.2 Å². The van der Waals surface area contributed by atoms with Crippen LogP contribution in [0.4, 0.5) is 0 Å². The van der Waals surface area contributed by atoms with E-state index in [-0.39, 0.29) is 11.9 Å². The van der Waals surface area contributed by atoms with Gasteiger partial charge in [-0.2, -0.15) is 0 Å². The topological polar surface area (TPSA) is 46.3 Å². The van der Waals surface area contributed by atoms with Crippen LogP contribution in [0.25, 0.3) is 0 Å². The molecule has 13 heavy (non-hydrogen) atoms. The van der Waals surface area contributed by atoms with E-state index in [0.717, 1.165) is 32.2 Å². The molecule has 0 aromatic carbocycles. The van der Waals surface area contributed by atoms with Crippen LogP contribution in [-0.4, -0.2) is 29.4 Å². The third kappa shape index (κ3) is 1.61. The second-order valence-corrected chi connectivity index (χ2v) is 3.88. The smallest absolute Gasteiger partial charge is 0.239 e. The summed E-state index contributed by atoms with van der Waals surface area (Å²) in [7, 11) is 0. The Morgan fingerprint density at radius 1 is 1.38 bits per heavy atom. The van der Waals surface area contributed by atoms with Gasteiger partial charge in [0.2, 0.25) is 5.91 Å². The summed E-state index contributed by atoms with van der Waals surface area (Å²) < 4.78 is 0. The summed E-state index contributed by atoms with van der Waals surface area (Å²) in [5, 5.41) is 0. The summed E-state index contributed by atoms with van der Waals surface area (Å²) in [5.41, 5.74) is 5.72. The molecule has 3 heteroatoms. The maximum Gasteiger partial charge on any atom is 0.239 e. The molecule has 0 saturated carbocycles. The fraction of sp³-hybridized carbons (Fsp3) is 0.700. The fourth-order valence-corrected chi connectivity index (χ4v) is 2.15. The van der Waals surface area contributed by atoms with Gasteiger partial charge in [0.05, 0.1) is 6.04 Å². The van der Waals surface area contributed by atoms with Gasteiger partial charge in [0.1, 0.15) is 0 Å². The lowest BCUT2D eigenvalue weighted by Gasteiger charge is -2.35. The summed E-state index contributed by atoms with van der Waals surface area (Å²) in [6, 6.07) is 0.160. The third-order valence-electron chi connectivity index (χ3n) is 2.94. The van der Waals surface area contributed by atoms with Crippen molar-refractivity contribution in [3.63, 3.8) is 0 Å². The maximum atomic E-state index is 11.7. The first-order valence-corrected chi connectivity index (χ1v) is 5.00. The number of hydrogen-bond donors (Lipinski definition) is 1. The van der Waals surface area contributed by atoms with E-state index in [0.29, 0.717) is 6.04 Å². The molecule has 0 spiro atoms. The Balaban J connectivity index is 2.01. The second kappa shape index (κ2) is 3.50. The van der Waals surface area contributed by atoms with Crippen molar-refractivity contribution in [2.75, 3.05) is 6.54 Å². The van der Waals surface area contributed by atoms with Gasteiger partial charge in [-0.25, -0.2) is 0 Å². The van der Waals surface area contributed by atoms with Gasteiger partial charge in [0.25, 0.3) is 0 Å². The maximum absolute atomic E-state index is 11.7. The first-order valence-electron chi connectivity index (χ1n) is 5.00. The van der Waals surface area contributed by atoms with Gasteiger partial charge in [0.15, 0.2) is 0 Å². The first-order chi connectivity index (χ1) is 6.29. The molecular formula is C10H16N2O. The van der Waals surface area contributed by atoms with E-state index in [4.69, 9.17) is 5.73 Å². The standard InChI is InChI=1S/C10H16N2O/c11-9-6-3-7-12(10(9)13)8-4-1-2-5-8/h1-2,8-9H,3-7,11H2. The normalized spacial score (nSPS) is 30.1. The second-order valence-electron chi connectivity index (χ2n) is 3.88. The molecule has 1 aliphatic carbocycles. The van der Waals surface area contributed by atoms with Crippen LogP contribution in [0, 0.1) is 0 Å². The Labute approximate surface area is 78.6 Å². The Kier molecular flexibility index (Phi) is 2.36. The van der Waals surface area contributed by atoms with Gasteiger partial charge >= 0.3 is 0 Å². The van der Waals surface area contributed by atoms with Crippen molar-refractivity contribution in [2.45, 2.75) is 37.8 Å². The summed E-state index contributed by atoms with van der Waals surface area (Å²) in [4.78, 5) is 13.7. The van der Waals surface area contributed by atoms with Crippen molar-refractivity contribution in [2.24, 2.45) is 5.73 Å². The number of amides is 1. The molecule has 1 saturated heterocycles. The van der Waals surface area contributed by atoms with E-state index >= 15 is 0 Å². The zero-order valence-electron chi connectivity index (χ0n) is 7.78. The predicted molar refractivity (Wildman–Crippen MR) is 51.1 cm³/mol. The van der Waals surface area contributed by atoms with E-state index < -0.39 is 0 Å². The molecular weight excluding hydrogens is 164 g/mol. The Morgan fingerprint density at radius 2 is 2.08 bits per heavy atom. The molecule has 1 aliphatic heterocycles. The number of carbonyl (C=O) groups is 1. The molecule has 1 fully saturated rings. The quantitative estimate of drug-likeness (QED) is 0.602. The summed E-state index contributed by atoms with van der Waals surface area (Å²) in [6.07, 6.45) is 8.24. The lowest BCUT2D eigenvalue weighted by molar-refractivity contribution is -0.137. The third-order valence-corrected chi connectivity index (χ3v) is 2.94. The van der Waals surface area contributed by atoms with Crippen LogP contribution in [-0.2, 0) is 4.79 Å². The van der Waals surface area contributed by atoms with Gasteiger partial charge in [-0.3, -0.25) is 4.79 Å². The van der Waals surface area contributed by atoms with Crippen molar-refractivity contribution in [3.8, 4) is 0 Å². The Morgan fingerprint density at radius 3 is 2.77 bits per heavy atom. The van der Waals surface area contributed by atoms with Crippen molar-refractivity contribution >= 4 is 5.91 Å². The number of likely N-dealkylation sites (tertiary alicyclic amines) is 1. The lowest BCUT2D eigenvalue weighted by Crippen LogP contribution is -2.51. The molecule has 72 valence electrons. The minimum Gasteiger partial charge on any atom is -0.338 e. The van der Waals surface area contributed by atoms with Crippen molar-refractivity contribution in [1.82, 2.24) is 4.90 Å². The SMILES string of the molecule is NC1CCCN(C2CC=CC2)C1=O. The minimum atomic E-state index is -0.241. The van der Waals surface area contributed by atoms with E-state index in [1.54, 1.807) is 0 Å². The van der Waals surface area contributed by atoms with E-state index in [9.17, 15) is 4.79 Å². The zero-order chi connectivity index (χ0) is 9.26. The molecule has 0 aromatic rings. The van der Waals surface area contributed by atoms with Crippen LogP contribution in [0.15, 0.2) is 12.2 Å². The van der Waals surface area contributed by atoms with E-state index in [1.165, 1.54) is 0 Å². The molecule has 1 amide bonds. The highest BCUT2D eigenvalue weighted by atomic mass is 16.2. The highest BCUT2D eigenvalue weighted by Gasteiger charge is 2.30. The molecule has 2 rings (SSSR count). The molecule has 1 heterocycles. The molecule has 3 nitrogen and oxygen atoms in total. The number of rotatable bonds is 1. The van der Waals surface area contributed by atoms with Gasteiger partial charge in [-0.15, -0.1) is 0 Å². The average molecular weight is 180 g/mol. The number of carbonyl (C=O) groups excluding carboxylic acids is 1. The molecule has 0 bridgehead atoms. The van der Waals surface area contributed by atoms with Crippen LogP contribution in [0.5, 0.6) is 0 Å². The van der Waals surface area contributed by atoms with E-state index in [1.807, 2.05) is 4.90 Å². The monoisotopic (exact) mass is 180 g/mol. The number of nitrogens with two attached hydrogens (primary N) is 1. The largest absolute Gasteiger partial charge is 0.338 e. The number of piperidine rings is 1. The van der Waals surface area contributed by atoms with Crippen LogP contribution >= 0.6 is 0 Å². The summed E-state index contributed by atoms with van der Waals surface area (Å²) in [6.45, 7) is 0.902. The summed E-state index contributed by atoms with van der Waals surface area (Å²) >= 11 is 0. The first kappa shape index (κ1) is 8.75. The highest BCUT2D eigenvalue weighted by Crippen LogP contribution is 2.21. The Hall–Kier alpha value is -0.830.